The van der Waals surface area contributed by atoms with Crippen LogP contribution in [0.3, 0.4) is 0 Å². The summed E-state index contributed by atoms with van der Waals surface area (Å²) in [5.74, 6) is -0.450. The van der Waals surface area contributed by atoms with Crippen LogP contribution in [-0.2, 0) is 17.4 Å². The Morgan fingerprint density at radius 3 is 2.21 bits per heavy atom. The molecule has 0 aliphatic carbocycles. The predicted octanol–water partition coefficient (Wildman–Crippen LogP) is 5.16. The smallest absolute Gasteiger partial charge is 0.340 e. The maximum Gasteiger partial charge on any atom is 0.416 e. The third-order valence-corrected chi connectivity index (χ3v) is 3.84. The monoisotopic (exact) mass is 389 g/mol. The number of amides is 1. The molecule has 3 aromatic rings. The Bertz CT molecular complexity index is 954. The number of benzene rings is 2. The maximum absolute atomic E-state index is 13.6. The number of anilines is 3. The first-order valence-corrected chi connectivity index (χ1v) is 8.25. The lowest BCUT2D eigenvalue weighted by molar-refractivity contribution is -0.137. The largest absolute Gasteiger partial charge is 0.416 e. The first-order chi connectivity index (χ1) is 13.3. The van der Waals surface area contributed by atoms with E-state index in [0.29, 0.717) is 17.2 Å². The Morgan fingerprint density at radius 2 is 1.61 bits per heavy atom. The van der Waals surface area contributed by atoms with E-state index < -0.39 is 23.5 Å². The number of alkyl halides is 3. The molecule has 2 aromatic carbocycles. The summed E-state index contributed by atoms with van der Waals surface area (Å²) in [7, 11) is 0. The van der Waals surface area contributed by atoms with Crippen molar-refractivity contribution in [3.63, 3.8) is 0 Å². The molecule has 1 aromatic heterocycles. The number of carbonyl (C=O) groups excluding carboxylic acids is 1. The second-order valence-electron chi connectivity index (χ2n) is 5.95. The molecular weight excluding hydrogens is 374 g/mol. The number of halogens is 4. The van der Waals surface area contributed by atoms with Crippen molar-refractivity contribution in [1.82, 2.24) is 4.98 Å². The highest BCUT2D eigenvalue weighted by Crippen LogP contribution is 2.30. The maximum atomic E-state index is 13.6. The average molecular weight is 389 g/mol. The van der Waals surface area contributed by atoms with Gasteiger partial charge >= 0.3 is 6.18 Å². The van der Waals surface area contributed by atoms with Crippen molar-refractivity contribution in [3.05, 3.63) is 83.8 Å². The van der Waals surface area contributed by atoms with Crippen LogP contribution < -0.4 is 10.6 Å². The molecule has 0 spiro atoms. The molecule has 0 fully saturated rings. The van der Waals surface area contributed by atoms with E-state index in [9.17, 15) is 22.4 Å². The van der Waals surface area contributed by atoms with Crippen LogP contribution in [0.1, 0.15) is 11.1 Å². The summed E-state index contributed by atoms with van der Waals surface area (Å²) in [5.41, 5.74) is 0.406. The number of hydrogen-bond donors (Lipinski definition) is 2. The summed E-state index contributed by atoms with van der Waals surface area (Å²) in [4.78, 5) is 16.1. The minimum absolute atomic E-state index is 0.113. The van der Waals surface area contributed by atoms with Gasteiger partial charge in [-0.05, 0) is 48.0 Å². The van der Waals surface area contributed by atoms with Crippen LogP contribution in [0.15, 0.2) is 66.9 Å². The van der Waals surface area contributed by atoms with Gasteiger partial charge in [0.25, 0.3) is 0 Å². The van der Waals surface area contributed by atoms with Gasteiger partial charge in [-0.25, -0.2) is 9.37 Å². The number of aromatic nitrogens is 1. The van der Waals surface area contributed by atoms with Crippen LogP contribution in [0.5, 0.6) is 0 Å². The van der Waals surface area contributed by atoms with E-state index >= 15 is 0 Å². The van der Waals surface area contributed by atoms with Crippen LogP contribution in [-0.4, -0.2) is 10.9 Å². The molecule has 0 radical (unpaired) electrons. The van der Waals surface area contributed by atoms with Crippen LogP contribution in [0.25, 0.3) is 0 Å². The first-order valence-electron chi connectivity index (χ1n) is 8.25. The Morgan fingerprint density at radius 1 is 0.929 bits per heavy atom. The Hall–Kier alpha value is -3.42. The third-order valence-electron chi connectivity index (χ3n) is 3.84. The van der Waals surface area contributed by atoms with E-state index in [0.717, 1.165) is 12.1 Å². The van der Waals surface area contributed by atoms with E-state index in [1.54, 1.807) is 24.3 Å². The number of rotatable bonds is 5. The molecule has 0 atom stereocenters. The molecule has 1 heterocycles. The highest BCUT2D eigenvalue weighted by atomic mass is 19.4. The molecule has 8 heteroatoms. The normalized spacial score (nSPS) is 11.1. The number of nitrogens with one attached hydrogen (secondary N) is 2. The fourth-order valence-electron chi connectivity index (χ4n) is 2.45. The van der Waals surface area contributed by atoms with Crippen molar-refractivity contribution in [1.29, 1.82) is 0 Å². The van der Waals surface area contributed by atoms with Crippen molar-refractivity contribution < 1.29 is 22.4 Å². The molecule has 0 saturated carbocycles. The van der Waals surface area contributed by atoms with Crippen molar-refractivity contribution in [2.75, 3.05) is 10.6 Å². The molecule has 0 saturated heterocycles. The number of nitrogens with zero attached hydrogens (tertiary/aromatic N) is 1. The van der Waals surface area contributed by atoms with Gasteiger partial charge < -0.3 is 10.6 Å². The van der Waals surface area contributed by atoms with Gasteiger partial charge in [-0.15, -0.1) is 0 Å². The average Bonchev–Trinajstić information content (AvgIpc) is 2.65. The van der Waals surface area contributed by atoms with Crippen LogP contribution in [0, 0.1) is 5.82 Å². The number of carbonyl (C=O) groups is 1. The molecule has 0 unspecified atom stereocenters. The minimum atomic E-state index is -4.39. The Kier molecular flexibility index (Phi) is 5.58. The topological polar surface area (TPSA) is 54.0 Å². The molecule has 0 aliphatic rings. The molecule has 28 heavy (non-hydrogen) atoms. The highest BCUT2D eigenvalue weighted by molar-refractivity contribution is 5.92. The second kappa shape index (κ2) is 8.08. The molecule has 1 amide bonds. The lowest BCUT2D eigenvalue weighted by Gasteiger charge is -2.10. The van der Waals surface area contributed by atoms with Crippen molar-refractivity contribution in [3.8, 4) is 0 Å². The third kappa shape index (κ3) is 5.06. The minimum Gasteiger partial charge on any atom is -0.340 e. The SMILES string of the molecule is O=C(Cc1ccccc1F)Nc1ccc(Nc2ccc(C(F)(F)F)cc2)nc1. The summed E-state index contributed by atoms with van der Waals surface area (Å²) in [6.07, 6.45) is -3.11. The van der Waals surface area contributed by atoms with E-state index in [-0.39, 0.29) is 12.0 Å². The summed E-state index contributed by atoms with van der Waals surface area (Å²) >= 11 is 0. The van der Waals surface area contributed by atoms with E-state index in [1.807, 2.05) is 0 Å². The first kappa shape index (κ1) is 19.3. The lowest BCUT2D eigenvalue weighted by atomic mass is 10.1. The molecule has 0 bridgehead atoms. The summed E-state index contributed by atoms with van der Waals surface area (Å²) < 4.78 is 51.3. The lowest BCUT2D eigenvalue weighted by Crippen LogP contribution is -2.15. The highest BCUT2D eigenvalue weighted by Gasteiger charge is 2.29. The quantitative estimate of drug-likeness (QED) is 0.593. The van der Waals surface area contributed by atoms with Gasteiger partial charge in [0.1, 0.15) is 11.6 Å². The number of hydrogen-bond acceptors (Lipinski definition) is 3. The van der Waals surface area contributed by atoms with Gasteiger partial charge in [0.15, 0.2) is 0 Å². The molecule has 2 N–H and O–H groups in total. The molecule has 4 nitrogen and oxygen atoms in total. The zero-order valence-electron chi connectivity index (χ0n) is 14.4. The molecular formula is C20H15F4N3O. The van der Waals surface area contributed by atoms with Crippen LogP contribution >= 0.6 is 0 Å². The van der Waals surface area contributed by atoms with Gasteiger partial charge in [0, 0.05) is 5.69 Å². The summed E-state index contributed by atoms with van der Waals surface area (Å²) in [5, 5.41) is 5.48. The van der Waals surface area contributed by atoms with Gasteiger partial charge in [-0.1, -0.05) is 18.2 Å². The molecule has 0 aliphatic heterocycles. The molecule has 144 valence electrons. The van der Waals surface area contributed by atoms with Crippen LogP contribution in [0.4, 0.5) is 34.8 Å². The fraction of sp³-hybridized carbons (Fsp3) is 0.100. The van der Waals surface area contributed by atoms with Crippen molar-refractivity contribution in [2.24, 2.45) is 0 Å². The van der Waals surface area contributed by atoms with E-state index in [4.69, 9.17) is 0 Å². The molecule has 3 rings (SSSR count). The van der Waals surface area contributed by atoms with Gasteiger partial charge in [0.2, 0.25) is 5.91 Å². The summed E-state index contributed by atoms with van der Waals surface area (Å²) in [6, 6.07) is 13.7. The fourth-order valence-corrected chi connectivity index (χ4v) is 2.45. The van der Waals surface area contributed by atoms with E-state index in [1.165, 1.54) is 30.5 Å². The number of pyridine rings is 1. The van der Waals surface area contributed by atoms with Gasteiger partial charge in [-0.2, -0.15) is 13.2 Å². The van der Waals surface area contributed by atoms with Crippen molar-refractivity contribution >= 4 is 23.1 Å². The zero-order valence-corrected chi connectivity index (χ0v) is 14.4. The van der Waals surface area contributed by atoms with Gasteiger partial charge in [-0.3, -0.25) is 4.79 Å². The standard InChI is InChI=1S/C20H15F4N3O/c21-17-4-2-1-3-13(17)11-19(28)27-16-9-10-18(25-12-16)26-15-7-5-14(6-8-15)20(22,23)24/h1-10,12H,11H2,(H,25,26)(H,27,28). The van der Waals surface area contributed by atoms with E-state index in [2.05, 4.69) is 15.6 Å². The Balaban J connectivity index is 1.59. The summed E-state index contributed by atoms with van der Waals surface area (Å²) in [6.45, 7) is 0. The second-order valence-corrected chi connectivity index (χ2v) is 5.95. The van der Waals surface area contributed by atoms with Gasteiger partial charge in [0.05, 0.1) is 23.9 Å². The van der Waals surface area contributed by atoms with Crippen molar-refractivity contribution in [2.45, 2.75) is 12.6 Å². The Labute approximate surface area is 158 Å². The predicted molar refractivity (Wildman–Crippen MR) is 97.7 cm³/mol. The zero-order chi connectivity index (χ0) is 20.1. The van der Waals surface area contributed by atoms with Crippen LogP contribution in [0.2, 0.25) is 0 Å².